The lowest BCUT2D eigenvalue weighted by atomic mass is 10.1. The highest BCUT2D eigenvalue weighted by atomic mass is 32.2. The Hall–Kier alpha value is -3.02. The number of anilines is 1. The molecule has 10 nitrogen and oxygen atoms in total. The summed E-state index contributed by atoms with van der Waals surface area (Å²) in [5.41, 5.74) is 1.84. The molecule has 0 bridgehead atoms. The van der Waals surface area contributed by atoms with E-state index >= 15 is 0 Å². The highest BCUT2D eigenvalue weighted by Gasteiger charge is 2.32. The van der Waals surface area contributed by atoms with E-state index in [1.165, 1.54) is 18.2 Å². The van der Waals surface area contributed by atoms with Crippen LogP contribution in [0.4, 0.5) is 11.4 Å². The molecule has 3 rings (SSSR count). The fourth-order valence-corrected chi connectivity index (χ4v) is 5.17. The Bertz CT molecular complexity index is 1120. The van der Waals surface area contributed by atoms with Gasteiger partial charge in [-0.1, -0.05) is 37.3 Å². The number of nitro benzene ring substituents is 1. The molecule has 2 aromatic carbocycles. The number of hydrogen-bond acceptors (Lipinski definition) is 7. The van der Waals surface area contributed by atoms with Crippen LogP contribution in [-0.4, -0.2) is 62.7 Å². The molecule has 184 valence electrons. The highest BCUT2D eigenvalue weighted by molar-refractivity contribution is 7.92. The monoisotopic (exact) mass is 490 g/mol. The van der Waals surface area contributed by atoms with Gasteiger partial charge in [-0.15, -0.1) is 0 Å². The van der Waals surface area contributed by atoms with Gasteiger partial charge >= 0.3 is 0 Å². The Balaban J connectivity index is 1.73. The third-order valence-electron chi connectivity index (χ3n) is 5.59. The van der Waals surface area contributed by atoms with Crippen LogP contribution >= 0.6 is 0 Å². The van der Waals surface area contributed by atoms with E-state index in [4.69, 9.17) is 4.74 Å². The second-order valence-corrected chi connectivity index (χ2v) is 10.0. The molecule has 0 radical (unpaired) electrons. The first kappa shape index (κ1) is 25.6. The van der Waals surface area contributed by atoms with Crippen molar-refractivity contribution in [3.8, 4) is 0 Å². The molecule has 0 saturated carbocycles. The summed E-state index contributed by atoms with van der Waals surface area (Å²) in [7, 11) is -3.89. The SMILES string of the molecule is CC[C@H](C(=O)NCc1cccc(CN2CCOCC2)c1)N(c1cccc([N+](=O)[O-])c1)S(C)(=O)=O. The van der Waals surface area contributed by atoms with Crippen LogP contribution < -0.4 is 9.62 Å². The van der Waals surface area contributed by atoms with Crippen LogP contribution in [0.5, 0.6) is 0 Å². The Morgan fingerprint density at radius 2 is 1.85 bits per heavy atom. The van der Waals surface area contributed by atoms with Crippen molar-refractivity contribution in [2.24, 2.45) is 0 Å². The first-order valence-electron chi connectivity index (χ1n) is 11.1. The predicted molar refractivity (Wildman–Crippen MR) is 129 cm³/mol. The number of ether oxygens (including phenoxy) is 1. The van der Waals surface area contributed by atoms with Crippen LogP contribution in [0.25, 0.3) is 0 Å². The van der Waals surface area contributed by atoms with Gasteiger partial charge in [0.15, 0.2) is 0 Å². The van der Waals surface area contributed by atoms with Gasteiger partial charge in [0.05, 0.1) is 30.1 Å². The second kappa shape index (κ2) is 11.4. The molecule has 1 N–H and O–H groups in total. The van der Waals surface area contributed by atoms with Crippen molar-refractivity contribution in [1.82, 2.24) is 10.2 Å². The molecular weight excluding hydrogens is 460 g/mol. The number of hydrogen-bond donors (Lipinski definition) is 1. The molecule has 0 aliphatic carbocycles. The summed E-state index contributed by atoms with van der Waals surface area (Å²) in [6, 6.07) is 12.1. The zero-order valence-electron chi connectivity index (χ0n) is 19.3. The minimum Gasteiger partial charge on any atom is -0.379 e. The standard InChI is InChI=1S/C23H30N4O6S/c1-3-22(26(34(2,31)32)20-8-5-9-21(15-20)27(29)30)23(28)24-16-18-6-4-7-19(14-18)17-25-10-12-33-13-11-25/h4-9,14-15,22H,3,10-13,16-17H2,1-2H3,(H,24,28)/t22-/m1/s1. The molecule has 1 aliphatic heterocycles. The quantitative estimate of drug-likeness (QED) is 0.400. The number of benzene rings is 2. The van der Waals surface area contributed by atoms with E-state index < -0.39 is 26.9 Å². The van der Waals surface area contributed by atoms with Gasteiger partial charge in [0, 0.05) is 38.3 Å². The van der Waals surface area contributed by atoms with E-state index in [9.17, 15) is 23.3 Å². The molecule has 0 aromatic heterocycles. The minimum atomic E-state index is -3.89. The molecule has 11 heteroatoms. The molecule has 1 saturated heterocycles. The van der Waals surface area contributed by atoms with Crippen LogP contribution in [0, 0.1) is 10.1 Å². The number of morpholine rings is 1. The van der Waals surface area contributed by atoms with Crippen molar-refractivity contribution in [3.63, 3.8) is 0 Å². The molecule has 1 amide bonds. The largest absolute Gasteiger partial charge is 0.379 e. The van der Waals surface area contributed by atoms with Gasteiger partial charge < -0.3 is 10.1 Å². The Morgan fingerprint density at radius 1 is 1.18 bits per heavy atom. The van der Waals surface area contributed by atoms with Crippen molar-refractivity contribution < 1.29 is 22.9 Å². The summed E-state index contributed by atoms with van der Waals surface area (Å²) >= 11 is 0. The van der Waals surface area contributed by atoms with E-state index in [2.05, 4.69) is 10.2 Å². The number of nitrogens with one attached hydrogen (secondary N) is 1. The highest BCUT2D eigenvalue weighted by Crippen LogP contribution is 2.26. The normalized spacial score (nSPS) is 15.5. The predicted octanol–water partition coefficient (Wildman–Crippen LogP) is 2.29. The van der Waals surface area contributed by atoms with Crippen LogP contribution in [-0.2, 0) is 32.6 Å². The maximum absolute atomic E-state index is 13.1. The van der Waals surface area contributed by atoms with Crippen molar-refractivity contribution in [2.75, 3.05) is 36.9 Å². The Labute approximate surface area is 199 Å². The van der Waals surface area contributed by atoms with Crippen LogP contribution in [0.2, 0.25) is 0 Å². The number of carbonyl (C=O) groups is 1. The van der Waals surface area contributed by atoms with Crippen molar-refractivity contribution in [1.29, 1.82) is 0 Å². The molecule has 34 heavy (non-hydrogen) atoms. The van der Waals surface area contributed by atoms with Crippen molar-refractivity contribution in [2.45, 2.75) is 32.5 Å². The van der Waals surface area contributed by atoms with Crippen molar-refractivity contribution in [3.05, 3.63) is 69.8 Å². The molecular formula is C23H30N4O6S. The fourth-order valence-electron chi connectivity index (χ4n) is 3.97. The average Bonchev–Trinajstić information content (AvgIpc) is 2.81. The summed E-state index contributed by atoms with van der Waals surface area (Å²) in [5, 5.41) is 14.0. The number of rotatable bonds is 10. The van der Waals surface area contributed by atoms with Crippen LogP contribution in [0.3, 0.4) is 0 Å². The molecule has 0 unspecified atom stereocenters. The first-order valence-corrected chi connectivity index (χ1v) is 12.9. The summed E-state index contributed by atoms with van der Waals surface area (Å²) in [5.74, 6) is -0.474. The van der Waals surface area contributed by atoms with E-state index in [1.807, 2.05) is 24.3 Å². The van der Waals surface area contributed by atoms with Gasteiger partial charge in [-0.3, -0.25) is 24.1 Å². The first-order chi connectivity index (χ1) is 16.2. The Kier molecular flexibility index (Phi) is 8.59. The number of amides is 1. The number of nitro groups is 1. The molecule has 1 fully saturated rings. The minimum absolute atomic E-state index is 0.0752. The maximum atomic E-state index is 13.1. The van der Waals surface area contributed by atoms with E-state index in [0.717, 1.165) is 60.6 Å². The van der Waals surface area contributed by atoms with Gasteiger partial charge in [0.25, 0.3) is 5.69 Å². The molecule has 1 aliphatic rings. The van der Waals surface area contributed by atoms with Crippen LogP contribution in [0.15, 0.2) is 48.5 Å². The van der Waals surface area contributed by atoms with Gasteiger partial charge in [-0.05, 0) is 23.6 Å². The zero-order chi connectivity index (χ0) is 24.7. The van der Waals surface area contributed by atoms with E-state index in [0.29, 0.717) is 0 Å². The van der Waals surface area contributed by atoms with Gasteiger partial charge in [0.1, 0.15) is 6.04 Å². The lowest BCUT2D eigenvalue weighted by Crippen LogP contribution is -2.49. The summed E-state index contributed by atoms with van der Waals surface area (Å²) < 4.78 is 31.5. The Morgan fingerprint density at radius 3 is 2.50 bits per heavy atom. The van der Waals surface area contributed by atoms with E-state index in [1.54, 1.807) is 6.92 Å². The van der Waals surface area contributed by atoms with Crippen molar-refractivity contribution >= 4 is 27.3 Å². The lowest BCUT2D eigenvalue weighted by molar-refractivity contribution is -0.384. The van der Waals surface area contributed by atoms with Crippen LogP contribution in [0.1, 0.15) is 24.5 Å². The zero-order valence-corrected chi connectivity index (χ0v) is 20.2. The number of nitrogens with zero attached hydrogens (tertiary/aromatic N) is 3. The maximum Gasteiger partial charge on any atom is 0.271 e. The third kappa shape index (κ3) is 6.75. The molecule has 0 spiro atoms. The smallest absolute Gasteiger partial charge is 0.271 e. The topological polar surface area (TPSA) is 122 Å². The lowest BCUT2D eigenvalue weighted by Gasteiger charge is -2.30. The van der Waals surface area contributed by atoms with E-state index in [-0.39, 0.29) is 24.3 Å². The molecule has 2 aromatic rings. The van der Waals surface area contributed by atoms with Gasteiger partial charge in [-0.25, -0.2) is 8.42 Å². The summed E-state index contributed by atoms with van der Waals surface area (Å²) in [6.45, 7) is 5.90. The molecule has 1 heterocycles. The van der Waals surface area contributed by atoms with Gasteiger partial charge in [-0.2, -0.15) is 0 Å². The summed E-state index contributed by atoms with van der Waals surface area (Å²) in [6.07, 6.45) is 1.18. The fraction of sp³-hybridized carbons (Fsp3) is 0.435. The second-order valence-electron chi connectivity index (χ2n) is 8.19. The average molecular weight is 491 g/mol. The summed E-state index contributed by atoms with van der Waals surface area (Å²) in [4.78, 5) is 25.9. The third-order valence-corrected chi connectivity index (χ3v) is 6.77. The number of sulfonamides is 1. The van der Waals surface area contributed by atoms with Gasteiger partial charge in [0.2, 0.25) is 15.9 Å². The number of carbonyl (C=O) groups excluding carboxylic acids is 1. The number of non-ortho nitro benzene ring substituents is 1. The molecule has 1 atom stereocenters.